The first kappa shape index (κ1) is 19.2. The molecule has 0 radical (unpaired) electrons. The van der Waals surface area contributed by atoms with Gasteiger partial charge in [0.1, 0.15) is 23.3 Å². The average molecular weight is 398 g/mol. The maximum absolute atomic E-state index is 12.7. The Morgan fingerprint density at radius 1 is 0.933 bits per heavy atom. The SMILES string of the molecule is Cc1ccc(Oc2coc3cc(OC(=O)C=Cc4ccccc4)ccc3c2=O)cc1. The molecule has 0 aliphatic rings. The number of hydrogen-bond donors (Lipinski definition) is 0. The number of ether oxygens (including phenoxy) is 2. The van der Waals surface area contributed by atoms with Gasteiger partial charge in [-0.25, -0.2) is 4.79 Å². The van der Waals surface area contributed by atoms with Crippen LogP contribution in [-0.2, 0) is 4.79 Å². The summed E-state index contributed by atoms with van der Waals surface area (Å²) in [5.41, 5.74) is 1.97. The molecule has 4 rings (SSSR count). The minimum absolute atomic E-state index is 0.0851. The zero-order valence-corrected chi connectivity index (χ0v) is 16.2. The topological polar surface area (TPSA) is 65.7 Å². The Labute approximate surface area is 172 Å². The van der Waals surface area contributed by atoms with E-state index in [1.807, 2.05) is 49.4 Å². The molecule has 0 amide bonds. The van der Waals surface area contributed by atoms with E-state index >= 15 is 0 Å². The summed E-state index contributed by atoms with van der Waals surface area (Å²) in [4.78, 5) is 24.7. The van der Waals surface area contributed by atoms with Crippen LogP contribution in [0.25, 0.3) is 17.0 Å². The van der Waals surface area contributed by atoms with Crippen LogP contribution in [0.15, 0.2) is 94.3 Å². The fourth-order valence-corrected chi connectivity index (χ4v) is 2.84. The molecular formula is C25H18O5. The van der Waals surface area contributed by atoms with Gasteiger partial charge in [-0.05, 0) is 42.8 Å². The lowest BCUT2D eigenvalue weighted by molar-refractivity contribution is -0.128. The van der Waals surface area contributed by atoms with Crippen LogP contribution in [0.3, 0.4) is 0 Å². The van der Waals surface area contributed by atoms with Crippen molar-refractivity contribution in [1.82, 2.24) is 0 Å². The van der Waals surface area contributed by atoms with Gasteiger partial charge in [-0.2, -0.15) is 0 Å². The van der Waals surface area contributed by atoms with E-state index in [9.17, 15) is 9.59 Å². The van der Waals surface area contributed by atoms with E-state index in [1.165, 1.54) is 18.4 Å². The van der Waals surface area contributed by atoms with Crippen molar-refractivity contribution in [2.45, 2.75) is 6.92 Å². The van der Waals surface area contributed by atoms with E-state index in [-0.39, 0.29) is 16.9 Å². The standard InChI is InChI=1S/C25H18O5/c1-17-7-10-19(11-8-17)29-23-16-28-22-15-20(12-13-21(22)25(23)27)30-24(26)14-9-18-5-3-2-4-6-18/h2-16H,1H3. The number of aryl methyl sites for hydroxylation is 1. The van der Waals surface area contributed by atoms with Gasteiger partial charge in [-0.15, -0.1) is 0 Å². The summed E-state index contributed by atoms with van der Waals surface area (Å²) in [5.74, 6) is 0.380. The van der Waals surface area contributed by atoms with Crippen LogP contribution in [-0.4, -0.2) is 5.97 Å². The Morgan fingerprint density at radius 3 is 2.43 bits per heavy atom. The van der Waals surface area contributed by atoms with Gasteiger partial charge in [0.05, 0.1) is 5.39 Å². The Morgan fingerprint density at radius 2 is 1.67 bits per heavy atom. The fourth-order valence-electron chi connectivity index (χ4n) is 2.84. The van der Waals surface area contributed by atoms with Gasteiger partial charge in [-0.1, -0.05) is 48.0 Å². The van der Waals surface area contributed by atoms with Crippen LogP contribution in [0.2, 0.25) is 0 Å². The zero-order valence-electron chi connectivity index (χ0n) is 16.2. The summed E-state index contributed by atoms with van der Waals surface area (Å²) in [6.45, 7) is 1.97. The van der Waals surface area contributed by atoms with Crippen molar-refractivity contribution in [3.05, 3.63) is 106 Å². The summed E-state index contributed by atoms with van der Waals surface area (Å²) < 4.78 is 16.5. The first-order valence-corrected chi connectivity index (χ1v) is 9.33. The molecule has 0 saturated carbocycles. The molecule has 3 aromatic carbocycles. The van der Waals surface area contributed by atoms with Crippen molar-refractivity contribution in [1.29, 1.82) is 0 Å². The van der Waals surface area contributed by atoms with Gasteiger partial charge in [0, 0.05) is 12.1 Å². The Hall–Kier alpha value is -4.12. The lowest BCUT2D eigenvalue weighted by Crippen LogP contribution is -2.06. The van der Waals surface area contributed by atoms with Crippen LogP contribution < -0.4 is 14.9 Å². The van der Waals surface area contributed by atoms with Crippen molar-refractivity contribution >= 4 is 23.0 Å². The Balaban J connectivity index is 1.52. The monoisotopic (exact) mass is 398 g/mol. The average Bonchev–Trinajstić information content (AvgIpc) is 2.76. The number of esters is 1. The van der Waals surface area contributed by atoms with Crippen LogP contribution in [0.1, 0.15) is 11.1 Å². The highest BCUT2D eigenvalue weighted by atomic mass is 16.5. The highest BCUT2D eigenvalue weighted by molar-refractivity contribution is 5.89. The summed E-state index contributed by atoms with van der Waals surface area (Å²) in [5, 5.41) is 0.333. The Kier molecular flexibility index (Phi) is 5.44. The van der Waals surface area contributed by atoms with Crippen molar-refractivity contribution in [2.24, 2.45) is 0 Å². The van der Waals surface area contributed by atoms with Crippen molar-refractivity contribution < 1.29 is 18.7 Å². The van der Waals surface area contributed by atoms with E-state index in [1.54, 1.807) is 30.3 Å². The lowest BCUT2D eigenvalue weighted by atomic mass is 10.2. The number of benzene rings is 3. The molecule has 4 aromatic rings. The van der Waals surface area contributed by atoms with Crippen LogP contribution in [0.4, 0.5) is 0 Å². The van der Waals surface area contributed by atoms with Crippen molar-refractivity contribution in [2.75, 3.05) is 0 Å². The second-order valence-corrected chi connectivity index (χ2v) is 6.67. The second kappa shape index (κ2) is 8.49. The summed E-state index contributed by atoms with van der Waals surface area (Å²) >= 11 is 0. The maximum Gasteiger partial charge on any atom is 0.336 e. The molecule has 0 fully saturated rings. The van der Waals surface area contributed by atoms with Gasteiger partial charge in [0.2, 0.25) is 11.2 Å². The van der Waals surface area contributed by atoms with Gasteiger partial charge in [-0.3, -0.25) is 4.79 Å². The molecule has 0 aliphatic heterocycles. The molecule has 0 atom stereocenters. The molecule has 30 heavy (non-hydrogen) atoms. The van der Waals surface area contributed by atoms with E-state index in [4.69, 9.17) is 13.9 Å². The first-order chi connectivity index (χ1) is 14.6. The van der Waals surface area contributed by atoms with Crippen LogP contribution >= 0.6 is 0 Å². The van der Waals surface area contributed by atoms with Gasteiger partial charge in [0.15, 0.2) is 0 Å². The number of fused-ring (bicyclic) bond motifs is 1. The number of carbonyl (C=O) groups is 1. The number of hydrogen-bond acceptors (Lipinski definition) is 5. The zero-order chi connectivity index (χ0) is 20.9. The van der Waals surface area contributed by atoms with E-state index in [0.717, 1.165) is 11.1 Å². The minimum atomic E-state index is -0.528. The summed E-state index contributed by atoms with van der Waals surface area (Å²) in [6, 6.07) is 21.4. The molecule has 148 valence electrons. The van der Waals surface area contributed by atoms with Crippen LogP contribution in [0.5, 0.6) is 17.2 Å². The highest BCUT2D eigenvalue weighted by Gasteiger charge is 2.11. The maximum atomic E-state index is 12.7. The van der Waals surface area contributed by atoms with E-state index in [2.05, 4.69) is 0 Å². The molecular weight excluding hydrogens is 380 g/mol. The smallest absolute Gasteiger partial charge is 0.336 e. The largest absolute Gasteiger partial charge is 0.460 e. The third-order valence-electron chi connectivity index (χ3n) is 4.39. The predicted octanol–water partition coefficient (Wildman–Crippen LogP) is 5.51. The molecule has 0 aliphatic carbocycles. The van der Waals surface area contributed by atoms with Crippen molar-refractivity contribution in [3.8, 4) is 17.2 Å². The molecule has 0 saturated heterocycles. The summed E-state index contributed by atoms with van der Waals surface area (Å²) in [7, 11) is 0. The second-order valence-electron chi connectivity index (χ2n) is 6.67. The molecule has 5 heteroatoms. The third kappa shape index (κ3) is 4.47. The van der Waals surface area contributed by atoms with Gasteiger partial charge in [0.25, 0.3) is 0 Å². The molecule has 0 N–H and O–H groups in total. The first-order valence-electron chi connectivity index (χ1n) is 9.33. The lowest BCUT2D eigenvalue weighted by Gasteiger charge is -2.07. The third-order valence-corrected chi connectivity index (χ3v) is 4.39. The molecule has 0 unspecified atom stereocenters. The number of carbonyl (C=O) groups excluding carboxylic acids is 1. The molecule has 1 aromatic heterocycles. The molecule has 5 nitrogen and oxygen atoms in total. The fraction of sp³-hybridized carbons (Fsp3) is 0.0400. The van der Waals surface area contributed by atoms with Crippen molar-refractivity contribution in [3.63, 3.8) is 0 Å². The van der Waals surface area contributed by atoms with Gasteiger partial charge < -0.3 is 13.9 Å². The molecule has 0 bridgehead atoms. The quantitative estimate of drug-likeness (QED) is 0.252. The summed E-state index contributed by atoms with van der Waals surface area (Å²) in [6.07, 6.45) is 4.26. The molecule has 1 heterocycles. The van der Waals surface area contributed by atoms with E-state index < -0.39 is 5.97 Å². The minimum Gasteiger partial charge on any atom is -0.460 e. The highest BCUT2D eigenvalue weighted by Crippen LogP contribution is 2.24. The molecule has 0 spiro atoms. The van der Waals surface area contributed by atoms with Gasteiger partial charge >= 0.3 is 5.97 Å². The number of rotatable bonds is 5. The normalized spacial score (nSPS) is 11.0. The van der Waals surface area contributed by atoms with Crippen LogP contribution in [0, 0.1) is 6.92 Å². The van der Waals surface area contributed by atoms with E-state index in [0.29, 0.717) is 16.7 Å². The predicted molar refractivity (Wildman–Crippen MR) is 115 cm³/mol. The Bertz CT molecular complexity index is 1270.